The molecular weight excluding hydrogens is 276 g/mol. The number of carbonyl (C=O) groups excluding carboxylic acids is 1. The van der Waals surface area contributed by atoms with Crippen LogP contribution in [0.3, 0.4) is 0 Å². The Hall–Kier alpha value is -1.34. The molecule has 1 heterocycles. The molecule has 0 radical (unpaired) electrons. The maximum Gasteiger partial charge on any atom is 0.314 e. The van der Waals surface area contributed by atoms with Gasteiger partial charge in [0.2, 0.25) is 0 Å². The van der Waals surface area contributed by atoms with Crippen molar-refractivity contribution < 1.29 is 24.2 Å². The molecule has 3 N–H and O–H groups in total. The fourth-order valence-corrected chi connectivity index (χ4v) is 3.10. The lowest BCUT2D eigenvalue weighted by Gasteiger charge is -2.26. The second-order valence-electron chi connectivity index (χ2n) is 5.89. The number of nitrogens with one attached hydrogen (secondary N) is 2. The standard InChI is InChI=1S/C14H24N2O5/c1-20-14(5-6-21-9-14)8-16-13(19)15-7-10-3-2-4-11(10)12(17)18/h10-11H,2-9H2,1H3,(H,17,18)(H2,15,16,19). The van der Waals surface area contributed by atoms with Crippen molar-refractivity contribution in [2.24, 2.45) is 11.8 Å². The SMILES string of the molecule is COC1(CNC(=O)NCC2CCCC2C(=O)O)CCOC1. The van der Waals surface area contributed by atoms with Crippen molar-refractivity contribution in [1.82, 2.24) is 10.6 Å². The number of urea groups is 1. The molecule has 2 fully saturated rings. The highest BCUT2D eigenvalue weighted by atomic mass is 16.5. The molecule has 2 amide bonds. The minimum atomic E-state index is -0.763. The van der Waals surface area contributed by atoms with Gasteiger partial charge < -0.3 is 25.2 Å². The lowest BCUT2D eigenvalue weighted by atomic mass is 9.96. The molecule has 0 aromatic carbocycles. The number of carboxylic acids is 1. The summed E-state index contributed by atoms with van der Waals surface area (Å²) in [6.07, 6.45) is 3.23. The summed E-state index contributed by atoms with van der Waals surface area (Å²) in [5.41, 5.74) is -0.436. The van der Waals surface area contributed by atoms with Crippen LogP contribution in [0.25, 0.3) is 0 Å². The molecule has 1 aliphatic carbocycles. The number of hydrogen-bond donors (Lipinski definition) is 3. The Morgan fingerprint density at radius 3 is 2.81 bits per heavy atom. The van der Waals surface area contributed by atoms with E-state index in [1.165, 1.54) is 0 Å². The van der Waals surface area contributed by atoms with Crippen molar-refractivity contribution in [3.05, 3.63) is 0 Å². The number of rotatable bonds is 6. The lowest BCUT2D eigenvalue weighted by Crippen LogP contribution is -2.48. The van der Waals surface area contributed by atoms with Gasteiger partial charge in [-0.25, -0.2) is 4.79 Å². The van der Waals surface area contributed by atoms with Gasteiger partial charge in [-0.15, -0.1) is 0 Å². The normalized spacial score (nSPS) is 32.0. The average molecular weight is 300 g/mol. The Morgan fingerprint density at radius 2 is 2.19 bits per heavy atom. The van der Waals surface area contributed by atoms with E-state index in [-0.39, 0.29) is 17.9 Å². The summed E-state index contributed by atoms with van der Waals surface area (Å²) in [5, 5.41) is 14.6. The van der Waals surface area contributed by atoms with Gasteiger partial charge in [0.05, 0.1) is 19.1 Å². The summed E-state index contributed by atoms with van der Waals surface area (Å²) in [5.74, 6) is -1.07. The monoisotopic (exact) mass is 300 g/mol. The predicted octanol–water partition coefficient (Wildman–Crippen LogP) is 0.592. The molecule has 0 aromatic rings. The molecule has 1 aliphatic heterocycles. The zero-order valence-electron chi connectivity index (χ0n) is 12.4. The van der Waals surface area contributed by atoms with Gasteiger partial charge in [-0.2, -0.15) is 0 Å². The predicted molar refractivity (Wildman–Crippen MR) is 75.0 cm³/mol. The Balaban J connectivity index is 1.71. The van der Waals surface area contributed by atoms with Crippen LogP contribution in [0, 0.1) is 11.8 Å². The van der Waals surface area contributed by atoms with Gasteiger partial charge in [0, 0.05) is 26.7 Å². The van der Waals surface area contributed by atoms with Crippen LogP contribution < -0.4 is 10.6 Å². The van der Waals surface area contributed by atoms with Crippen LogP contribution in [0.5, 0.6) is 0 Å². The van der Waals surface area contributed by atoms with E-state index >= 15 is 0 Å². The first-order valence-electron chi connectivity index (χ1n) is 7.44. The topological polar surface area (TPSA) is 96.9 Å². The highest BCUT2D eigenvalue weighted by molar-refractivity contribution is 5.74. The second kappa shape index (κ2) is 7.09. The summed E-state index contributed by atoms with van der Waals surface area (Å²) in [7, 11) is 1.62. The first-order valence-corrected chi connectivity index (χ1v) is 7.44. The van der Waals surface area contributed by atoms with E-state index in [2.05, 4.69) is 10.6 Å². The van der Waals surface area contributed by atoms with Crippen molar-refractivity contribution in [2.45, 2.75) is 31.3 Å². The molecule has 0 aromatic heterocycles. The van der Waals surface area contributed by atoms with E-state index in [1.807, 2.05) is 0 Å². The summed E-state index contributed by atoms with van der Waals surface area (Å²) in [6, 6.07) is -0.283. The summed E-state index contributed by atoms with van der Waals surface area (Å²) < 4.78 is 10.7. The number of ether oxygens (including phenoxy) is 2. The van der Waals surface area contributed by atoms with Crippen molar-refractivity contribution in [2.75, 3.05) is 33.4 Å². The highest BCUT2D eigenvalue weighted by Gasteiger charge is 2.36. The Morgan fingerprint density at radius 1 is 1.38 bits per heavy atom. The van der Waals surface area contributed by atoms with Gasteiger partial charge in [0.25, 0.3) is 0 Å². The van der Waals surface area contributed by atoms with Crippen LogP contribution in [0.1, 0.15) is 25.7 Å². The maximum atomic E-state index is 11.8. The summed E-state index contributed by atoms with van der Waals surface area (Å²) in [6.45, 7) is 1.91. The average Bonchev–Trinajstić information content (AvgIpc) is 3.12. The molecular formula is C14H24N2O5. The first-order chi connectivity index (χ1) is 10.1. The van der Waals surface area contributed by atoms with E-state index in [9.17, 15) is 9.59 Å². The third-order valence-corrected chi connectivity index (χ3v) is 4.57. The molecule has 120 valence electrons. The zero-order chi connectivity index (χ0) is 15.3. The Bertz CT molecular complexity index is 382. The third kappa shape index (κ3) is 4.07. The quantitative estimate of drug-likeness (QED) is 0.667. The molecule has 3 unspecified atom stereocenters. The molecule has 0 spiro atoms. The van der Waals surface area contributed by atoms with Gasteiger partial charge in [-0.05, 0) is 18.8 Å². The van der Waals surface area contributed by atoms with Gasteiger partial charge in [-0.3, -0.25) is 4.79 Å². The molecule has 1 saturated carbocycles. The number of aliphatic carboxylic acids is 1. The molecule has 2 aliphatic rings. The van der Waals surface area contributed by atoms with Gasteiger partial charge in [-0.1, -0.05) is 6.42 Å². The zero-order valence-corrected chi connectivity index (χ0v) is 12.4. The molecule has 7 nitrogen and oxygen atoms in total. The fourth-order valence-electron chi connectivity index (χ4n) is 3.10. The number of amides is 2. The van der Waals surface area contributed by atoms with Crippen molar-refractivity contribution in [3.63, 3.8) is 0 Å². The third-order valence-electron chi connectivity index (χ3n) is 4.57. The molecule has 0 bridgehead atoms. The molecule has 3 atom stereocenters. The van der Waals surface area contributed by atoms with Gasteiger partial charge in [0.1, 0.15) is 5.60 Å². The number of carbonyl (C=O) groups is 2. The minimum Gasteiger partial charge on any atom is -0.481 e. The lowest BCUT2D eigenvalue weighted by molar-refractivity contribution is -0.142. The molecule has 1 saturated heterocycles. The van der Waals surface area contributed by atoms with Crippen molar-refractivity contribution >= 4 is 12.0 Å². The van der Waals surface area contributed by atoms with Crippen LogP contribution >= 0.6 is 0 Å². The van der Waals surface area contributed by atoms with Crippen LogP contribution in [0.2, 0.25) is 0 Å². The summed E-state index contributed by atoms with van der Waals surface area (Å²) >= 11 is 0. The Labute approximate surface area is 124 Å². The van der Waals surface area contributed by atoms with Crippen molar-refractivity contribution in [3.8, 4) is 0 Å². The maximum absolute atomic E-state index is 11.8. The first kappa shape index (κ1) is 16.0. The minimum absolute atomic E-state index is 0.0273. The molecule has 7 heteroatoms. The van der Waals surface area contributed by atoms with E-state index in [1.54, 1.807) is 7.11 Å². The van der Waals surface area contributed by atoms with Crippen LogP contribution in [0.4, 0.5) is 4.79 Å². The van der Waals surface area contributed by atoms with Crippen LogP contribution in [-0.2, 0) is 14.3 Å². The second-order valence-corrected chi connectivity index (χ2v) is 5.89. The van der Waals surface area contributed by atoms with E-state index in [0.29, 0.717) is 32.7 Å². The van der Waals surface area contributed by atoms with Gasteiger partial charge in [0.15, 0.2) is 0 Å². The smallest absolute Gasteiger partial charge is 0.314 e. The fraction of sp³-hybridized carbons (Fsp3) is 0.857. The largest absolute Gasteiger partial charge is 0.481 e. The highest BCUT2D eigenvalue weighted by Crippen LogP contribution is 2.31. The Kier molecular flexibility index (Phi) is 5.41. The van der Waals surface area contributed by atoms with Crippen LogP contribution in [-0.4, -0.2) is 56.1 Å². The molecule has 2 rings (SSSR count). The van der Waals surface area contributed by atoms with E-state index < -0.39 is 11.6 Å². The number of methoxy groups -OCH3 is 1. The van der Waals surface area contributed by atoms with Gasteiger partial charge >= 0.3 is 12.0 Å². The van der Waals surface area contributed by atoms with Crippen LogP contribution in [0.15, 0.2) is 0 Å². The number of carboxylic acid groups (broad SMARTS) is 1. The molecule has 21 heavy (non-hydrogen) atoms. The van der Waals surface area contributed by atoms with E-state index in [4.69, 9.17) is 14.6 Å². The summed E-state index contributed by atoms with van der Waals surface area (Å²) in [4.78, 5) is 22.9. The van der Waals surface area contributed by atoms with E-state index in [0.717, 1.165) is 19.3 Å². The number of hydrogen-bond acceptors (Lipinski definition) is 4. The van der Waals surface area contributed by atoms with Crippen molar-refractivity contribution in [1.29, 1.82) is 0 Å².